The standard InChI is InChI=1S/C11H20N2O/c1-8(6-12)10(14)13-7-11(4-5-11)9-2-3-9/h8-9H,2-7,12H2,1H3,(H,13,14). The van der Waals surface area contributed by atoms with E-state index in [-0.39, 0.29) is 11.8 Å². The highest BCUT2D eigenvalue weighted by Gasteiger charge is 2.53. The molecular formula is C11H20N2O. The van der Waals surface area contributed by atoms with E-state index < -0.39 is 0 Å². The molecule has 0 heterocycles. The molecule has 2 aliphatic carbocycles. The topological polar surface area (TPSA) is 55.1 Å². The zero-order valence-electron chi connectivity index (χ0n) is 8.88. The molecule has 1 atom stereocenters. The first-order chi connectivity index (χ1) is 6.68. The third kappa shape index (κ3) is 1.92. The normalized spacial score (nSPS) is 25.6. The number of rotatable bonds is 5. The maximum atomic E-state index is 11.5. The second-order valence-electron chi connectivity index (χ2n) is 4.99. The molecule has 14 heavy (non-hydrogen) atoms. The van der Waals surface area contributed by atoms with Crippen LogP contribution in [0.15, 0.2) is 0 Å². The number of carbonyl (C=O) groups is 1. The van der Waals surface area contributed by atoms with E-state index in [9.17, 15) is 4.79 Å². The Bertz CT molecular complexity index is 231. The summed E-state index contributed by atoms with van der Waals surface area (Å²) in [4.78, 5) is 11.5. The molecule has 0 spiro atoms. The number of nitrogens with two attached hydrogens (primary N) is 1. The Morgan fingerprint density at radius 3 is 2.64 bits per heavy atom. The van der Waals surface area contributed by atoms with Crippen molar-refractivity contribution in [2.45, 2.75) is 32.6 Å². The van der Waals surface area contributed by atoms with Gasteiger partial charge in [0.15, 0.2) is 0 Å². The average molecular weight is 196 g/mol. The van der Waals surface area contributed by atoms with Crippen molar-refractivity contribution in [2.24, 2.45) is 23.0 Å². The highest BCUT2D eigenvalue weighted by molar-refractivity contribution is 5.78. The van der Waals surface area contributed by atoms with E-state index in [1.807, 2.05) is 6.92 Å². The summed E-state index contributed by atoms with van der Waals surface area (Å²) < 4.78 is 0. The van der Waals surface area contributed by atoms with Gasteiger partial charge in [0, 0.05) is 19.0 Å². The molecule has 3 N–H and O–H groups in total. The van der Waals surface area contributed by atoms with Crippen molar-refractivity contribution in [3.05, 3.63) is 0 Å². The molecule has 0 aromatic rings. The number of carbonyl (C=O) groups excluding carboxylic acids is 1. The van der Waals surface area contributed by atoms with Crippen molar-refractivity contribution >= 4 is 5.91 Å². The van der Waals surface area contributed by atoms with Crippen molar-refractivity contribution in [3.63, 3.8) is 0 Å². The summed E-state index contributed by atoms with van der Waals surface area (Å²) in [5, 5.41) is 3.04. The summed E-state index contributed by atoms with van der Waals surface area (Å²) in [6.45, 7) is 3.22. The van der Waals surface area contributed by atoms with E-state index >= 15 is 0 Å². The van der Waals surface area contributed by atoms with Crippen molar-refractivity contribution < 1.29 is 4.79 Å². The monoisotopic (exact) mass is 196 g/mol. The van der Waals surface area contributed by atoms with Gasteiger partial charge in [-0.25, -0.2) is 0 Å². The van der Waals surface area contributed by atoms with Crippen molar-refractivity contribution in [1.29, 1.82) is 0 Å². The first kappa shape index (κ1) is 9.97. The van der Waals surface area contributed by atoms with Gasteiger partial charge in [0.2, 0.25) is 5.91 Å². The number of hydrogen-bond donors (Lipinski definition) is 2. The molecule has 0 radical (unpaired) electrons. The van der Waals surface area contributed by atoms with Crippen LogP contribution in [0.3, 0.4) is 0 Å². The van der Waals surface area contributed by atoms with Crippen LogP contribution in [0.2, 0.25) is 0 Å². The van der Waals surface area contributed by atoms with Crippen molar-refractivity contribution in [3.8, 4) is 0 Å². The molecule has 2 fully saturated rings. The smallest absolute Gasteiger partial charge is 0.224 e. The van der Waals surface area contributed by atoms with E-state index in [1.54, 1.807) is 0 Å². The SMILES string of the molecule is CC(CN)C(=O)NCC1(C2CC2)CC1. The zero-order chi connectivity index (χ0) is 10.2. The lowest BCUT2D eigenvalue weighted by molar-refractivity contribution is -0.124. The molecule has 3 nitrogen and oxygen atoms in total. The summed E-state index contributed by atoms with van der Waals surface area (Å²) in [5.41, 5.74) is 5.94. The van der Waals surface area contributed by atoms with E-state index in [0.29, 0.717) is 12.0 Å². The first-order valence-corrected chi connectivity index (χ1v) is 5.66. The molecule has 2 rings (SSSR count). The molecule has 80 valence electrons. The largest absolute Gasteiger partial charge is 0.355 e. The average Bonchev–Trinajstić information content (AvgIpc) is 3.03. The lowest BCUT2D eigenvalue weighted by Gasteiger charge is -2.16. The quantitative estimate of drug-likeness (QED) is 0.686. The third-order valence-corrected chi connectivity index (χ3v) is 3.75. The number of nitrogens with one attached hydrogen (secondary N) is 1. The Kier molecular flexibility index (Phi) is 2.52. The van der Waals surface area contributed by atoms with Crippen LogP contribution in [-0.4, -0.2) is 19.0 Å². The molecule has 3 heteroatoms. The van der Waals surface area contributed by atoms with Gasteiger partial charge < -0.3 is 11.1 Å². The van der Waals surface area contributed by atoms with Crippen LogP contribution >= 0.6 is 0 Å². The minimum Gasteiger partial charge on any atom is -0.355 e. The zero-order valence-corrected chi connectivity index (χ0v) is 8.88. The summed E-state index contributed by atoms with van der Waals surface area (Å²) in [6.07, 6.45) is 5.38. The Balaban J connectivity index is 1.74. The Labute approximate surface area is 85.4 Å². The molecule has 2 aliphatic rings. The van der Waals surface area contributed by atoms with Crippen LogP contribution in [0.4, 0.5) is 0 Å². The van der Waals surface area contributed by atoms with Crippen molar-refractivity contribution in [1.82, 2.24) is 5.32 Å². The maximum Gasteiger partial charge on any atom is 0.224 e. The van der Waals surface area contributed by atoms with Gasteiger partial charge in [0.1, 0.15) is 0 Å². The van der Waals surface area contributed by atoms with Crippen LogP contribution < -0.4 is 11.1 Å². The van der Waals surface area contributed by atoms with Gasteiger partial charge in [0.05, 0.1) is 0 Å². The first-order valence-electron chi connectivity index (χ1n) is 5.66. The molecule has 1 amide bonds. The van der Waals surface area contributed by atoms with Gasteiger partial charge in [0.25, 0.3) is 0 Å². The van der Waals surface area contributed by atoms with Crippen LogP contribution in [0, 0.1) is 17.3 Å². The summed E-state index contributed by atoms with van der Waals surface area (Å²) in [6, 6.07) is 0. The predicted molar refractivity (Wildman–Crippen MR) is 55.6 cm³/mol. The van der Waals surface area contributed by atoms with Gasteiger partial charge in [-0.15, -0.1) is 0 Å². The number of hydrogen-bond acceptors (Lipinski definition) is 2. The molecular weight excluding hydrogens is 176 g/mol. The molecule has 2 saturated carbocycles. The Morgan fingerprint density at radius 1 is 1.57 bits per heavy atom. The van der Waals surface area contributed by atoms with E-state index in [4.69, 9.17) is 5.73 Å². The molecule has 0 aliphatic heterocycles. The summed E-state index contributed by atoms with van der Waals surface area (Å²) in [7, 11) is 0. The Hall–Kier alpha value is -0.570. The molecule has 0 saturated heterocycles. The van der Waals surface area contributed by atoms with Gasteiger partial charge in [-0.3, -0.25) is 4.79 Å². The third-order valence-electron chi connectivity index (χ3n) is 3.75. The van der Waals surface area contributed by atoms with E-state index in [0.717, 1.165) is 12.5 Å². The van der Waals surface area contributed by atoms with Crippen LogP contribution in [0.1, 0.15) is 32.6 Å². The molecule has 0 aromatic carbocycles. The van der Waals surface area contributed by atoms with Crippen LogP contribution in [-0.2, 0) is 4.79 Å². The fraction of sp³-hybridized carbons (Fsp3) is 0.909. The lowest BCUT2D eigenvalue weighted by Crippen LogP contribution is -2.37. The lowest BCUT2D eigenvalue weighted by atomic mass is 10.0. The second-order valence-corrected chi connectivity index (χ2v) is 4.99. The predicted octanol–water partition coefficient (Wildman–Crippen LogP) is 0.888. The highest BCUT2D eigenvalue weighted by Crippen LogP contribution is 2.60. The van der Waals surface area contributed by atoms with Gasteiger partial charge in [-0.05, 0) is 37.0 Å². The molecule has 1 unspecified atom stereocenters. The van der Waals surface area contributed by atoms with E-state index in [1.165, 1.54) is 25.7 Å². The Morgan fingerprint density at radius 2 is 2.21 bits per heavy atom. The molecule has 0 bridgehead atoms. The molecule has 0 aromatic heterocycles. The van der Waals surface area contributed by atoms with Crippen LogP contribution in [0.25, 0.3) is 0 Å². The minimum atomic E-state index is -0.0370. The van der Waals surface area contributed by atoms with Crippen molar-refractivity contribution in [2.75, 3.05) is 13.1 Å². The second kappa shape index (κ2) is 3.54. The van der Waals surface area contributed by atoms with Gasteiger partial charge in [-0.1, -0.05) is 6.92 Å². The summed E-state index contributed by atoms with van der Waals surface area (Å²) >= 11 is 0. The fourth-order valence-electron chi connectivity index (χ4n) is 2.13. The van der Waals surface area contributed by atoms with E-state index in [2.05, 4.69) is 5.32 Å². The van der Waals surface area contributed by atoms with Crippen LogP contribution in [0.5, 0.6) is 0 Å². The fourth-order valence-corrected chi connectivity index (χ4v) is 2.13. The number of amides is 1. The highest BCUT2D eigenvalue weighted by atomic mass is 16.1. The summed E-state index contributed by atoms with van der Waals surface area (Å²) in [5.74, 6) is 1.00. The maximum absolute atomic E-state index is 11.5. The van der Waals surface area contributed by atoms with Gasteiger partial charge in [-0.2, -0.15) is 0 Å². The van der Waals surface area contributed by atoms with Gasteiger partial charge >= 0.3 is 0 Å². The minimum absolute atomic E-state index is 0.0370.